The van der Waals surface area contributed by atoms with Gasteiger partial charge in [-0.05, 0) is 0 Å². The van der Waals surface area contributed by atoms with Crippen LogP contribution in [0.5, 0.6) is 0 Å². The Morgan fingerprint density at radius 2 is 2.38 bits per heavy atom. The van der Waals surface area contributed by atoms with E-state index in [-0.39, 0.29) is 0 Å². The molecule has 2 heterocycles. The number of nitrogens with zero attached hydrogens (tertiary/aromatic N) is 4. The van der Waals surface area contributed by atoms with E-state index in [1.54, 1.807) is 11.0 Å². The van der Waals surface area contributed by atoms with Crippen molar-refractivity contribution in [2.24, 2.45) is 12.8 Å². The zero-order valence-electron chi connectivity index (χ0n) is 9.30. The molecule has 0 fully saturated rings. The largest absolute Gasteiger partial charge is 0.363 e. The average Bonchev–Trinajstić information content (AvgIpc) is 2.85. The second-order valence-electron chi connectivity index (χ2n) is 3.62. The van der Waals surface area contributed by atoms with Crippen molar-refractivity contribution in [3.05, 3.63) is 30.5 Å². The van der Waals surface area contributed by atoms with Gasteiger partial charge in [-0.3, -0.25) is 4.68 Å². The molecule has 0 spiro atoms. The first-order chi connectivity index (χ1) is 7.78. The molecule has 16 heavy (non-hydrogen) atoms. The smallest absolute Gasteiger partial charge is 0.148 e. The maximum atomic E-state index is 5.46. The lowest BCUT2D eigenvalue weighted by atomic mass is 10.4. The fourth-order valence-corrected chi connectivity index (χ4v) is 1.46. The van der Waals surface area contributed by atoms with Gasteiger partial charge in [-0.1, -0.05) is 0 Å². The fraction of sp³-hybridized carbons (Fsp3) is 0.400. The van der Waals surface area contributed by atoms with Crippen LogP contribution >= 0.6 is 0 Å². The predicted molar refractivity (Wildman–Crippen MR) is 61.8 cm³/mol. The van der Waals surface area contributed by atoms with E-state index in [1.165, 1.54) is 0 Å². The van der Waals surface area contributed by atoms with Crippen molar-refractivity contribution in [2.75, 3.05) is 11.9 Å². The van der Waals surface area contributed by atoms with Crippen LogP contribution in [0, 0.1) is 0 Å². The Morgan fingerprint density at radius 1 is 1.50 bits per heavy atom. The molecule has 2 rings (SSSR count). The lowest BCUT2D eigenvalue weighted by molar-refractivity contribution is 0.707. The molecule has 2 aromatic rings. The molecule has 0 saturated carbocycles. The highest BCUT2D eigenvalue weighted by molar-refractivity contribution is 5.32. The molecule has 0 aliphatic carbocycles. The summed E-state index contributed by atoms with van der Waals surface area (Å²) in [7, 11) is 1.89. The molecule has 0 unspecified atom stereocenters. The zero-order valence-corrected chi connectivity index (χ0v) is 9.30. The molecule has 2 aromatic heterocycles. The van der Waals surface area contributed by atoms with Crippen molar-refractivity contribution in [2.45, 2.75) is 13.1 Å². The molecule has 0 saturated heterocycles. The van der Waals surface area contributed by atoms with E-state index in [9.17, 15) is 0 Å². The van der Waals surface area contributed by atoms with E-state index in [1.807, 2.05) is 30.1 Å². The number of hydrogen-bond donors (Lipinski definition) is 2. The molecule has 0 aliphatic heterocycles. The highest BCUT2D eigenvalue weighted by Crippen LogP contribution is 2.04. The molecule has 0 aliphatic rings. The van der Waals surface area contributed by atoms with Crippen molar-refractivity contribution >= 4 is 5.82 Å². The van der Waals surface area contributed by atoms with E-state index >= 15 is 0 Å². The Kier molecular flexibility index (Phi) is 3.21. The van der Waals surface area contributed by atoms with Gasteiger partial charge >= 0.3 is 0 Å². The van der Waals surface area contributed by atoms with Crippen molar-refractivity contribution in [1.82, 2.24) is 19.3 Å². The number of nitrogens with two attached hydrogens (primary N) is 1. The Balaban J connectivity index is 1.89. The lowest BCUT2D eigenvalue weighted by Crippen LogP contribution is -2.08. The molecule has 0 amide bonds. The van der Waals surface area contributed by atoms with Crippen molar-refractivity contribution in [3.63, 3.8) is 0 Å². The van der Waals surface area contributed by atoms with E-state index in [2.05, 4.69) is 15.4 Å². The number of anilines is 1. The first-order valence-electron chi connectivity index (χ1n) is 5.22. The third-order valence-corrected chi connectivity index (χ3v) is 2.24. The van der Waals surface area contributed by atoms with Crippen LogP contribution in [-0.4, -0.2) is 25.9 Å². The summed E-state index contributed by atoms with van der Waals surface area (Å²) in [6.45, 7) is 2.11. The number of nitrogens with one attached hydrogen (secondary N) is 1. The maximum Gasteiger partial charge on any atom is 0.148 e. The van der Waals surface area contributed by atoms with Gasteiger partial charge in [-0.2, -0.15) is 5.10 Å². The first-order valence-corrected chi connectivity index (χ1v) is 5.22. The summed E-state index contributed by atoms with van der Waals surface area (Å²) in [5.41, 5.74) is 6.45. The molecule has 0 radical (unpaired) electrons. The van der Waals surface area contributed by atoms with Crippen LogP contribution in [0.1, 0.15) is 5.69 Å². The highest BCUT2D eigenvalue weighted by Gasteiger charge is 1.99. The van der Waals surface area contributed by atoms with Crippen LogP contribution < -0.4 is 11.1 Å². The Labute approximate surface area is 94.1 Å². The van der Waals surface area contributed by atoms with Crippen molar-refractivity contribution in [3.8, 4) is 0 Å². The summed E-state index contributed by atoms with van der Waals surface area (Å²) >= 11 is 0. The van der Waals surface area contributed by atoms with Crippen molar-refractivity contribution < 1.29 is 0 Å². The third kappa shape index (κ3) is 2.60. The van der Waals surface area contributed by atoms with Gasteiger partial charge in [-0.25, -0.2) is 4.98 Å². The van der Waals surface area contributed by atoms with Gasteiger partial charge in [0.25, 0.3) is 0 Å². The minimum absolute atomic E-state index is 0.628. The molecule has 0 atom stereocenters. The number of hydrogen-bond acceptors (Lipinski definition) is 4. The van der Waals surface area contributed by atoms with Crippen LogP contribution in [0.3, 0.4) is 0 Å². The minimum atomic E-state index is 0.628. The molecule has 3 N–H and O–H groups in total. The van der Waals surface area contributed by atoms with Gasteiger partial charge < -0.3 is 15.6 Å². The van der Waals surface area contributed by atoms with Gasteiger partial charge in [0.15, 0.2) is 0 Å². The number of aromatic nitrogens is 4. The van der Waals surface area contributed by atoms with Crippen molar-refractivity contribution in [1.29, 1.82) is 0 Å². The van der Waals surface area contributed by atoms with E-state index in [0.29, 0.717) is 13.1 Å². The van der Waals surface area contributed by atoms with Gasteiger partial charge in [-0.15, -0.1) is 0 Å². The van der Waals surface area contributed by atoms with Crippen LogP contribution in [-0.2, 0) is 20.1 Å². The lowest BCUT2D eigenvalue weighted by Gasteiger charge is -1.99. The van der Waals surface area contributed by atoms with Crippen LogP contribution in [0.25, 0.3) is 0 Å². The van der Waals surface area contributed by atoms with E-state index in [4.69, 9.17) is 5.73 Å². The van der Waals surface area contributed by atoms with Gasteiger partial charge in [0.2, 0.25) is 0 Å². The molecule has 6 heteroatoms. The monoisotopic (exact) mass is 220 g/mol. The topological polar surface area (TPSA) is 73.7 Å². The molecule has 0 aromatic carbocycles. The number of imidazole rings is 1. The molecular weight excluding hydrogens is 204 g/mol. The SMILES string of the molecule is Cn1ccc(NCc2cn(CCN)cn2)n1. The summed E-state index contributed by atoms with van der Waals surface area (Å²) in [6.07, 6.45) is 5.68. The third-order valence-electron chi connectivity index (χ3n) is 2.24. The molecular formula is C10H16N6. The molecule has 0 bridgehead atoms. The van der Waals surface area contributed by atoms with Crippen LogP contribution in [0.2, 0.25) is 0 Å². The van der Waals surface area contributed by atoms with Gasteiger partial charge in [0, 0.05) is 38.6 Å². The average molecular weight is 220 g/mol. The standard InChI is InChI=1S/C10H16N6/c1-15-4-2-10(14-15)12-6-9-7-16(5-3-11)8-13-9/h2,4,7-8H,3,5-6,11H2,1H3,(H,12,14). The quantitative estimate of drug-likeness (QED) is 0.754. The van der Waals surface area contributed by atoms with Gasteiger partial charge in [0.1, 0.15) is 5.82 Å². The maximum absolute atomic E-state index is 5.46. The summed E-state index contributed by atoms with van der Waals surface area (Å²) in [6, 6.07) is 1.93. The fourth-order valence-electron chi connectivity index (χ4n) is 1.46. The first kappa shape index (κ1) is 10.7. The van der Waals surface area contributed by atoms with Crippen LogP contribution in [0.4, 0.5) is 5.82 Å². The highest BCUT2D eigenvalue weighted by atomic mass is 15.3. The van der Waals surface area contributed by atoms with Gasteiger partial charge in [0.05, 0.1) is 18.6 Å². The van der Waals surface area contributed by atoms with Crippen LogP contribution in [0.15, 0.2) is 24.8 Å². The normalized spacial score (nSPS) is 10.6. The van der Waals surface area contributed by atoms with E-state index < -0.39 is 0 Å². The summed E-state index contributed by atoms with van der Waals surface area (Å²) < 4.78 is 3.74. The number of aryl methyl sites for hydroxylation is 1. The Morgan fingerprint density at radius 3 is 3.06 bits per heavy atom. The second kappa shape index (κ2) is 4.80. The minimum Gasteiger partial charge on any atom is -0.363 e. The predicted octanol–water partition coefficient (Wildman–Crippen LogP) is 0.187. The molecule has 86 valence electrons. The zero-order chi connectivity index (χ0) is 11.4. The summed E-state index contributed by atoms with van der Waals surface area (Å²) in [4.78, 5) is 4.27. The summed E-state index contributed by atoms with van der Waals surface area (Å²) in [5, 5.41) is 7.42. The summed E-state index contributed by atoms with van der Waals surface area (Å²) in [5.74, 6) is 0.857. The molecule has 6 nitrogen and oxygen atoms in total. The van der Waals surface area contributed by atoms with E-state index in [0.717, 1.165) is 18.1 Å². The number of rotatable bonds is 5. The Hall–Kier alpha value is -1.82. The second-order valence-corrected chi connectivity index (χ2v) is 3.62. The Bertz CT molecular complexity index is 444.